The monoisotopic (exact) mass is 527 g/mol. The molecule has 1 fully saturated rings. The molecule has 1 aromatic carbocycles. The van der Waals surface area contributed by atoms with E-state index >= 15 is 0 Å². The van der Waals surface area contributed by atoms with E-state index in [0.717, 1.165) is 64.6 Å². The Balaban J connectivity index is 0.000000294. The summed E-state index contributed by atoms with van der Waals surface area (Å²) in [5.74, 6) is -1.15. The minimum atomic E-state index is -3.18. The van der Waals surface area contributed by atoms with Crippen molar-refractivity contribution in [3.05, 3.63) is 65.0 Å². The Hall–Kier alpha value is -2.79. The first-order valence-electron chi connectivity index (χ1n) is 11.2. The topological polar surface area (TPSA) is 99.5 Å². The third-order valence-corrected chi connectivity index (χ3v) is 6.23. The second kappa shape index (κ2) is 11.5. The smallest absolute Gasteiger partial charge is 0.407 e. The largest absolute Gasteiger partial charge is 0.444 e. The van der Waals surface area contributed by atoms with Crippen molar-refractivity contribution in [1.82, 2.24) is 14.5 Å². The van der Waals surface area contributed by atoms with Crippen molar-refractivity contribution in [2.45, 2.75) is 71.6 Å². The Morgan fingerprint density at radius 3 is 2.58 bits per heavy atom. The zero-order valence-corrected chi connectivity index (χ0v) is 21.1. The fourth-order valence-electron chi connectivity index (χ4n) is 3.88. The first kappa shape index (κ1) is 29.4. The van der Waals surface area contributed by atoms with Gasteiger partial charge in [0.1, 0.15) is 23.3 Å². The van der Waals surface area contributed by atoms with Gasteiger partial charge in [-0.05, 0) is 75.8 Å². The Bertz CT molecular complexity index is 1180. The maximum atomic E-state index is 14.0. The molecule has 36 heavy (non-hydrogen) atoms. The van der Waals surface area contributed by atoms with Crippen LogP contribution in [0.25, 0.3) is 0 Å². The van der Waals surface area contributed by atoms with Crippen molar-refractivity contribution < 1.29 is 31.5 Å². The number of aryl methyl sites for hydroxylation is 2. The molecule has 1 aromatic heterocycles. The van der Waals surface area contributed by atoms with E-state index in [4.69, 9.17) is 9.47 Å². The number of hydrogen-bond donors (Lipinski definition) is 1. The summed E-state index contributed by atoms with van der Waals surface area (Å²) in [6.07, 6.45) is 4.73. The first-order valence-corrected chi connectivity index (χ1v) is 13.1. The lowest BCUT2D eigenvalue weighted by Gasteiger charge is -2.34. The number of hydrogen-bond acceptors (Lipinski definition) is 6. The van der Waals surface area contributed by atoms with Crippen molar-refractivity contribution in [1.29, 1.82) is 0 Å². The van der Waals surface area contributed by atoms with Crippen LogP contribution in [0, 0.1) is 11.6 Å². The number of fused-ring (bicyclic) bond motifs is 1. The van der Waals surface area contributed by atoms with Crippen LogP contribution in [0.5, 0.6) is 0 Å². The van der Waals surface area contributed by atoms with Crippen LogP contribution in [-0.2, 0) is 32.3 Å². The number of rotatable bonds is 3. The standard InChI is InChI=1S/C17H21F2NO3.C7H10N2O2S.CH4/c1-10-7-14(20-16(21)23-17(2,3)4)15(22-9-10)12-8-11(18)5-6-13(12)19;1-12(10,11)9-5-6-3-2-4-7(6)8-9;/h5-6,8,14-15H,1,7,9H2,2-4H3,(H,20,21);5H,2-4H2,1H3;1H4/t14-,15+;;/m0../s1. The summed E-state index contributed by atoms with van der Waals surface area (Å²) in [6.45, 7) is 9.29. The second-order valence-electron chi connectivity index (χ2n) is 9.69. The molecule has 0 spiro atoms. The summed E-state index contributed by atoms with van der Waals surface area (Å²) >= 11 is 0. The van der Waals surface area contributed by atoms with Crippen molar-refractivity contribution in [2.75, 3.05) is 12.9 Å². The Morgan fingerprint density at radius 1 is 1.28 bits per heavy atom. The number of benzene rings is 1. The fourth-order valence-corrected chi connectivity index (χ4v) is 4.45. The summed E-state index contributed by atoms with van der Waals surface area (Å²) < 4.78 is 61.4. The molecule has 0 bridgehead atoms. The number of amides is 1. The van der Waals surface area contributed by atoms with Gasteiger partial charge in [-0.15, -0.1) is 0 Å². The van der Waals surface area contributed by atoms with Gasteiger partial charge in [0.15, 0.2) is 0 Å². The van der Waals surface area contributed by atoms with Crippen LogP contribution >= 0.6 is 0 Å². The van der Waals surface area contributed by atoms with Crippen LogP contribution in [0.2, 0.25) is 0 Å². The van der Waals surface area contributed by atoms with Gasteiger partial charge < -0.3 is 14.8 Å². The molecule has 2 atom stereocenters. The molecular weight excluding hydrogens is 492 g/mol. The average Bonchev–Trinajstić information content (AvgIpc) is 3.31. The zero-order valence-electron chi connectivity index (χ0n) is 20.3. The van der Waals surface area contributed by atoms with Crippen LogP contribution in [0.15, 0.2) is 36.5 Å². The van der Waals surface area contributed by atoms with Gasteiger partial charge in [0, 0.05) is 11.8 Å². The number of nitrogens with zero attached hydrogens (tertiary/aromatic N) is 2. The van der Waals surface area contributed by atoms with E-state index in [1.165, 1.54) is 0 Å². The number of ether oxygens (including phenoxy) is 2. The maximum absolute atomic E-state index is 14.0. The number of aromatic nitrogens is 2. The lowest BCUT2D eigenvalue weighted by atomic mass is 9.93. The molecule has 2 aromatic rings. The van der Waals surface area contributed by atoms with Gasteiger partial charge in [0.25, 0.3) is 10.0 Å². The van der Waals surface area contributed by atoms with Crippen molar-refractivity contribution in [3.63, 3.8) is 0 Å². The van der Waals surface area contributed by atoms with Gasteiger partial charge in [-0.25, -0.2) is 22.0 Å². The zero-order chi connectivity index (χ0) is 26.0. The molecule has 8 nitrogen and oxygen atoms in total. The molecule has 11 heteroatoms. The Kier molecular flexibility index (Phi) is 9.41. The number of alkyl carbamates (subject to hydrolysis) is 1. The fraction of sp³-hybridized carbons (Fsp3) is 0.520. The molecule has 200 valence electrons. The van der Waals surface area contributed by atoms with Gasteiger partial charge in [-0.1, -0.05) is 14.0 Å². The molecule has 0 radical (unpaired) electrons. The number of carbonyl (C=O) groups is 1. The molecule has 1 N–H and O–H groups in total. The van der Waals surface area contributed by atoms with E-state index < -0.39 is 45.5 Å². The highest BCUT2D eigenvalue weighted by atomic mass is 32.2. The van der Waals surface area contributed by atoms with E-state index in [0.29, 0.717) is 6.42 Å². The number of halogens is 2. The highest BCUT2D eigenvalue weighted by Crippen LogP contribution is 2.32. The van der Waals surface area contributed by atoms with Crippen LogP contribution < -0.4 is 5.32 Å². The van der Waals surface area contributed by atoms with Gasteiger partial charge in [-0.3, -0.25) is 0 Å². The normalized spacial score (nSPS) is 19.4. The Morgan fingerprint density at radius 2 is 1.97 bits per heavy atom. The van der Waals surface area contributed by atoms with E-state index in [1.54, 1.807) is 27.0 Å². The molecule has 4 rings (SSSR count). The quantitative estimate of drug-likeness (QED) is 0.582. The third-order valence-electron chi connectivity index (χ3n) is 5.36. The molecule has 0 saturated carbocycles. The SMILES string of the molecule is C.C=C1CO[C@H](c2cc(F)ccc2F)[C@@H](NC(=O)OC(C)(C)C)C1.CS(=O)(=O)n1cc2c(n1)CCC2. The van der Waals surface area contributed by atoms with Crippen LogP contribution in [0.4, 0.5) is 13.6 Å². The molecule has 2 heterocycles. The van der Waals surface area contributed by atoms with Crippen molar-refractivity contribution >= 4 is 16.1 Å². The summed E-state index contributed by atoms with van der Waals surface area (Å²) in [7, 11) is -3.18. The Labute approximate surface area is 211 Å². The van der Waals surface area contributed by atoms with E-state index in [2.05, 4.69) is 17.0 Å². The highest BCUT2D eigenvalue weighted by molar-refractivity contribution is 7.89. The number of nitrogens with one attached hydrogen (secondary N) is 1. The van der Waals surface area contributed by atoms with E-state index in [-0.39, 0.29) is 19.6 Å². The lowest BCUT2D eigenvalue weighted by Crippen LogP contribution is -2.45. The van der Waals surface area contributed by atoms with Crippen molar-refractivity contribution in [2.24, 2.45) is 0 Å². The maximum Gasteiger partial charge on any atom is 0.407 e. The molecule has 1 saturated heterocycles. The first-order chi connectivity index (χ1) is 16.2. The average molecular weight is 528 g/mol. The lowest BCUT2D eigenvalue weighted by molar-refractivity contribution is 0.00328. The predicted octanol–water partition coefficient (Wildman–Crippen LogP) is 4.69. The van der Waals surface area contributed by atoms with E-state index in [9.17, 15) is 22.0 Å². The minimum Gasteiger partial charge on any atom is -0.444 e. The van der Waals surface area contributed by atoms with E-state index in [1.807, 2.05) is 0 Å². The number of carbonyl (C=O) groups excluding carboxylic acids is 1. The van der Waals surface area contributed by atoms with Gasteiger partial charge >= 0.3 is 6.09 Å². The molecular formula is C25H35F2N3O5S. The second-order valence-corrected chi connectivity index (χ2v) is 11.5. The summed E-state index contributed by atoms with van der Waals surface area (Å²) in [4.78, 5) is 12.0. The summed E-state index contributed by atoms with van der Waals surface area (Å²) in [6, 6.07) is 2.58. The minimum absolute atomic E-state index is 0. The summed E-state index contributed by atoms with van der Waals surface area (Å²) in [5, 5.41) is 6.66. The molecule has 1 aliphatic heterocycles. The van der Waals surface area contributed by atoms with Gasteiger partial charge in [-0.2, -0.15) is 9.19 Å². The van der Waals surface area contributed by atoms with Crippen molar-refractivity contribution in [3.8, 4) is 0 Å². The molecule has 1 aliphatic carbocycles. The van der Waals surface area contributed by atoms with Crippen LogP contribution in [-0.4, -0.2) is 48.2 Å². The highest BCUT2D eigenvalue weighted by Gasteiger charge is 2.33. The molecule has 0 unspecified atom stereocenters. The van der Waals surface area contributed by atoms with Gasteiger partial charge in [0.2, 0.25) is 0 Å². The molecule has 1 amide bonds. The summed E-state index contributed by atoms with van der Waals surface area (Å²) in [5.41, 5.74) is 2.20. The van der Waals surface area contributed by atoms with Crippen LogP contribution in [0.1, 0.15) is 64.0 Å². The third kappa shape index (κ3) is 7.86. The van der Waals surface area contributed by atoms with Gasteiger partial charge in [0.05, 0.1) is 24.6 Å². The van der Waals surface area contributed by atoms with Crippen LogP contribution in [0.3, 0.4) is 0 Å². The predicted molar refractivity (Wildman–Crippen MR) is 133 cm³/mol. The molecule has 2 aliphatic rings.